The number of hydrogen-bond acceptors (Lipinski definition) is 7. The molecule has 0 unspecified atom stereocenters. The summed E-state index contributed by atoms with van der Waals surface area (Å²) in [6.45, 7) is 1.71. The molecule has 0 amide bonds. The van der Waals surface area contributed by atoms with Gasteiger partial charge in [-0.25, -0.2) is 4.79 Å². The van der Waals surface area contributed by atoms with Crippen molar-refractivity contribution in [2.75, 3.05) is 27.9 Å². The highest BCUT2D eigenvalue weighted by atomic mass is 16.5. The molecule has 0 N–H and O–H groups in total. The van der Waals surface area contributed by atoms with Gasteiger partial charge in [-0.3, -0.25) is 4.79 Å². The van der Waals surface area contributed by atoms with E-state index in [0.717, 1.165) is 10.9 Å². The van der Waals surface area contributed by atoms with Crippen LogP contribution in [0.2, 0.25) is 0 Å². The van der Waals surface area contributed by atoms with E-state index >= 15 is 0 Å². The van der Waals surface area contributed by atoms with Crippen LogP contribution in [0.5, 0.6) is 23.0 Å². The number of rotatable bonds is 8. The van der Waals surface area contributed by atoms with E-state index in [1.165, 1.54) is 7.11 Å². The van der Waals surface area contributed by atoms with Crippen LogP contribution in [0.25, 0.3) is 22.1 Å². The maximum absolute atomic E-state index is 12.9. The quantitative estimate of drug-likeness (QED) is 0.269. The van der Waals surface area contributed by atoms with E-state index in [-0.39, 0.29) is 12.4 Å². The molecule has 7 nitrogen and oxygen atoms in total. The SMILES string of the molecule is COc1ccc(C(=O)COc2ccc3c(C)c(-c4ccc(OC)c(OC)c4)c(=O)oc3c2)cc1. The Bertz CT molecular complexity index is 1400. The normalized spacial score (nSPS) is 10.7. The summed E-state index contributed by atoms with van der Waals surface area (Å²) in [7, 11) is 4.66. The van der Waals surface area contributed by atoms with Crippen LogP contribution in [0.15, 0.2) is 69.9 Å². The second-order valence-corrected chi connectivity index (χ2v) is 7.56. The van der Waals surface area contributed by atoms with Crippen molar-refractivity contribution < 1.29 is 28.2 Å². The van der Waals surface area contributed by atoms with Crippen LogP contribution in [0, 0.1) is 6.92 Å². The summed E-state index contributed by atoms with van der Waals surface area (Å²) in [6, 6.07) is 17.2. The minimum atomic E-state index is -0.483. The van der Waals surface area contributed by atoms with E-state index in [1.54, 1.807) is 68.8 Å². The third-order valence-electron chi connectivity index (χ3n) is 5.59. The summed E-state index contributed by atoms with van der Waals surface area (Å²) in [4.78, 5) is 25.3. The van der Waals surface area contributed by atoms with Crippen molar-refractivity contribution in [1.29, 1.82) is 0 Å². The second kappa shape index (κ2) is 9.70. The molecular weight excluding hydrogens is 436 g/mol. The van der Waals surface area contributed by atoms with Gasteiger partial charge in [-0.05, 0) is 66.6 Å². The molecule has 0 aliphatic carbocycles. The van der Waals surface area contributed by atoms with Crippen molar-refractivity contribution in [1.82, 2.24) is 0 Å². The largest absolute Gasteiger partial charge is 0.497 e. The molecule has 0 radical (unpaired) electrons. The Morgan fingerprint density at radius 2 is 1.53 bits per heavy atom. The van der Waals surface area contributed by atoms with Crippen LogP contribution < -0.4 is 24.6 Å². The van der Waals surface area contributed by atoms with Crippen LogP contribution in [0.1, 0.15) is 15.9 Å². The number of benzene rings is 3. The lowest BCUT2D eigenvalue weighted by molar-refractivity contribution is 0.0921. The Hall–Kier alpha value is -4.26. The van der Waals surface area contributed by atoms with E-state index in [4.69, 9.17) is 23.4 Å². The zero-order valence-electron chi connectivity index (χ0n) is 19.3. The number of carbonyl (C=O) groups excluding carboxylic acids is 1. The van der Waals surface area contributed by atoms with Crippen molar-refractivity contribution in [2.45, 2.75) is 6.92 Å². The average Bonchev–Trinajstić information content (AvgIpc) is 2.87. The molecule has 0 atom stereocenters. The smallest absolute Gasteiger partial charge is 0.344 e. The minimum absolute atomic E-state index is 0.148. The molecular formula is C27H24O7. The maximum atomic E-state index is 12.9. The van der Waals surface area contributed by atoms with E-state index in [2.05, 4.69) is 0 Å². The maximum Gasteiger partial charge on any atom is 0.344 e. The molecule has 0 spiro atoms. The fourth-order valence-electron chi connectivity index (χ4n) is 3.76. The first-order chi connectivity index (χ1) is 16.4. The summed E-state index contributed by atoms with van der Waals surface area (Å²) in [6.07, 6.45) is 0. The van der Waals surface area contributed by atoms with Gasteiger partial charge in [0, 0.05) is 17.0 Å². The summed E-state index contributed by atoms with van der Waals surface area (Å²) in [5.74, 6) is 2.01. The number of fused-ring (bicyclic) bond motifs is 1. The molecule has 0 aliphatic heterocycles. The Morgan fingerprint density at radius 1 is 0.824 bits per heavy atom. The Balaban J connectivity index is 1.60. The topological polar surface area (TPSA) is 84.2 Å². The monoisotopic (exact) mass is 460 g/mol. The molecule has 174 valence electrons. The molecule has 0 aliphatic rings. The van der Waals surface area contributed by atoms with Crippen molar-refractivity contribution in [3.8, 4) is 34.1 Å². The number of aryl methyl sites for hydroxylation is 1. The molecule has 3 aromatic carbocycles. The number of carbonyl (C=O) groups is 1. The van der Waals surface area contributed by atoms with Gasteiger partial charge in [0.15, 0.2) is 23.9 Å². The highest BCUT2D eigenvalue weighted by Crippen LogP contribution is 2.34. The molecule has 34 heavy (non-hydrogen) atoms. The van der Waals surface area contributed by atoms with Crippen molar-refractivity contribution >= 4 is 16.8 Å². The number of hydrogen-bond donors (Lipinski definition) is 0. The Kier molecular flexibility index (Phi) is 6.54. The molecule has 1 heterocycles. The molecule has 0 saturated carbocycles. The molecule has 4 aromatic rings. The summed E-state index contributed by atoms with van der Waals surface area (Å²) in [5.41, 5.74) is 2.28. The van der Waals surface area contributed by atoms with Crippen LogP contribution in [-0.4, -0.2) is 33.7 Å². The molecule has 0 saturated heterocycles. The van der Waals surface area contributed by atoms with E-state index in [1.807, 2.05) is 13.0 Å². The molecule has 0 bridgehead atoms. The highest BCUT2D eigenvalue weighted by molar-refractivity contribution is 5.97. The van der Waals surface area contributed by atoms with Gasteiger partial charge in [-0.15, -0.1) is 0 Å². The minimum Gasteiger partial charge on any atom is -0.497 e. The van der Waals surface area contributed by atoms with Crippen molar-refractivity contribution in [2.24, 2.45) is 0 Å². The van der Waals surface area contributed by atoms with Crippen LogP contribution >= 0.6 is 0 Å². The average molecular weight is 460 g/mol. The first kappa shape index (κ1) is 22.9. The van der Waals surface area contributed by atoms with Gasteiger partial charge in [0.2, 0.25) is 0 Å². The van der Waals surface area contributed by atoms with Gasteiger partial charge in [0.25, 0.3) is 0 Å². The molecule has 1 aromatic heterocycles. The highest BCUT2D eigenvalue weighted by Gasteiger charge is 2.16. The summed E-state index contributed by atoms with van der Waals surface area (Å²) < 4.78 is 27.0. The van der Waals surface area contributed by atoms with Crippen molar-refractivity contribution in [3.63, 3.8) is 0 Å². The van der Waals surface area contributed by atoms with Gasteiger partial charge < -0.3 is 23.4 Å². The molecule has 7 heteroatoms. The number of ether oxygens (including phenoxy) is 4. The second-order valence-electron chi connectivity index (χ2n) is 7.56. The van der Waals surface area contributed by atoms with E-state index < -0.39 is 5.63 Å². The first-order valence-corrected chi connectivity index (χ1v) is 10.5. The van der Waals surface area contributed by atoms with E-state index in [0.29, 0.717) is 45.3 Å². The summed E-state index contributed by atoms with van der Waals surface area (Å²) >= 11 is 0. The lowest BCUT2D eigenvalue weighted by atomic mass is 9.99. The predicted molar refractivity (Wildman–Crippen MR) is 129 cm³/mol. The predicted octanol–water partition coefficient (Wildman–Crippen LogP) is 5.06. The van der Waals surface area contributed by atoms with Gasteiger partial charge in [0.05, 0.1) is 26.9 Å². The van der Waals surface area contributed by atoms with Crippen LogP contribution in [0.4, 0.5) is 0 Å². The van der Waals surface area contributed by atoms with Gasteiger partial charge >= 0.3 is 5.63 Å². The van der Waals surface area contributed by atoms with Gasteiger partial charge in [-0.1, -0.05) is 6.07 Å². The van der Waals surface area contributed by atoms with E-state index in [9.17, 15) is 9.59 Å². The third-order valence-corrected chi connectivity index (χ3v) is 5.59. The lowest BCUT2D eigenvalue weighted by Gasteiger charge is -2.12. The number of ketones is 1. The first-order valence-electron chi connectivity index (χ1n) is 10.5. The zero-order chi connectivity index (χ0) is 24.2. The lowest BCUT2D eigenvalue weighted by Crippen LogP contribution is -2.11. The fraction of sp³-hybridized carbons (Fsp3) is 0.185. The van der Waals surface area contributed by atoms with Crippen LogP contribution in [-0.2, 0) is 0 Å². The summed E-state index contributed by atoms with van der Waals surface area (Å²) in [5, 5.41) is 0.762. The third kappa shape index (κ3) is 4.45. The molecule has 0 fully saturated rings. The standard InChI is InChI=1S/C27H24O7/c1-16-21-11-10-20(33-15-22(28)17-5-8-19(30-2)9-6-17)14-24(21)34-27(29)26(16)18-7-12-23(31-3)25(13-18)32-4/h5-14H,15H2,1-4H3. The molecule has 4 rings (SSSR count). The Labute approximate surface area is 196 Å². The Morgan fingerprint density at radius 3 is 2.21 bits per heavy atom. The van der Waals surface area contributed by atoms with Gasteiger partial charge in [-0.2, -0.15) is 0 Å². The number of Topliss-reactive ketones (excluding diaryl/α,β-unsaturated/α-hetero) is 1. The van der Waals surface area contributed by atoms with Gasteiger partial charge in [0.1, 0.15) is 17.1 Å². The van der Waals surface area contributed by atoms with Crippen molar-refractivity contribution in [3.05, 3.63) is 82.2 Å². The number of methoxy groups -OCH3 is 3. The van der Waals surface area contributed by atoms with Crippen LogP contribution in [0.3, 0.4) is 0 Å². The fourth-order valence-corrected chi connectivity index (χ4v) is 3.76. The zero-order valence-corrected chi connectivity index (χ0v) is 19.3.